The van der Waals surface area contributed by atoms with Gasteiger partial charge in [0.1, 0.15) is 0 Å². The van der Waals surface area contributed by atoms with Gasteiger partial charge in [-0.3, -0.25) is 4.90 Å². The molecule has 3 nitrogen and oxygen atoms in total. The van der Waals surface area contributed by atoms with Gasteiger partial charge in [-0.1, -0.05) is 6.58 Å². The Labute approximate surface area is 73.9 Å². The second kappa shape index (κ2) is 3.56. The predicted octanol–water partition coefficient (Wildman–Crippen LogP) is -0.0420. The molecule has 0 aromatic carbocycles. The number of nitrogens with zero attached hydrogens (tertiary/aromatic N) is 1. The molecule has 0 aromatic heterocycles. The smallest absolute Gasteiger partial charge is 0.0758 e. The summed E-state index contributed by atoms with van der Waals surface area (Å²) in [6.45, 7) is 8.77. The first-order valence-electron chi connectivity index (χ1n) is 4.35. The summed E-state index contributed by atoms with van der Waals surface area (Å²) in [6, 6.07) is 0. The van der Waals surface area contributed by atoms with Crippen molar-refractivity contribution in [2.75, 3.05) is 26.2 Å². The molecule has 0 radical (unpaired) electrons. The van der Waals surface area contributed by atoms with Crippen molar-refractivity contribution < 1.29 is 5.11 Å². The Kier molecular flexibility index (Phi) is 2.88. The molecule has 1 unspecified atom stereocenters. The molecule has 0 aliphatic carbocycles. The lowest BCUT2D eigenvalue weighted by Crippen LogP contribution is -2.31. The normalized spacial score (nSPS) is 30.9. The monoisotopic (exact) mass is 170 g/mol. The van der Waals surface area contributed by atoms with E-state index < -0.39 is 5.60 Å². The first-order valence-corrected chi connectivity index (χ1v) is 4.35. The van der Waals surface area contributed by atoms with Crippen LogP contribution < -0.4 is 5.73 Å². The number of likely N-dealkylation sites (tertiary alicyclic amines) is 1. The number of hydrogen-bond acceptors (Lipinski definition) is 3. The van der Waals surface area contributed by atoms with Gasteiger partial charge in [-0.05, 0) is 18.9 Å². The Morgan fingerprint density at radius 3 is 2.83 bits per heavy atom. The summed E-state index contributed by atoms with van der Waals surface area (Å²) in [4.78, 5) is 2.19. The van der Waals surface area contributed by atoms with Crippen LogP contribution in [-0.4, -0.2) is 41.8 Å². The van der Waals surface area contributed by atoms with Crippen molar-refractivity contribution in [2.24, 2.45) is 5.73 Å². The molecule has 1 atom stereocenters. The van der Waals surface area contributed by atoms with Crippen LogP contribution in [0.1, 0.15) is 13.3 Å². The van der Waals surface area contributed by atoms with Crippen LogP contribution in [0.15, 0.2) is 12.2 Å². The molecule has 0 aromatic rings. The highest BCUT2D eigenvalue weighted by atomic mass is 16.3. The number of aliphatic hydroxyl groups is 1. The summed E-state index contributed by atoms with van der Waals surface area (Å²) in [6.07, 6.45) is 0.852. The van der Waals surface area contributed by atoms with Gasteiger partial charge in [0.05, 0.1) is 5.60 Å². The molecule has 0 amide bonds. The highest BCUT2D eigenvalue weighted by Gasteiger charge is 2.30. The first kappa shape index (κ1) is 9.71. The van der Waals surface area contributed by atoms with E-state index in [1.165, 1.54) is 0 Å². The highest BCUT2D eigenvalue weighted by Crippen LogP contribution is 2.20. The van der Waals surface area contributed by atoms with Crippen LogP contribution in [0.2, 0.25) is 0 Å². The third-order valence-corrected chi connectivity index (χ3v) is 2.27. The molecule has 0 bridgehead atoms. The molecule has 12 heavy (non-hydrogen) atoms. The number of β-amino-alcohol motifs (C(OH)–C–C–N with tert-alkyl or cyclic N) is 1. The van der Waals surface area contributed by atoms with Crippen molar-refractivity contribution in [1.29, 1.82) is 0 Å². The van der Waals surface area contributed by atoms with E-state index in [-0.39, 0.29) is 0 Å². The van der Waals surface area contributed by atoms with E-state index >= 15 is 0 Å². The zero-order valence-electron chi connectivity index (χ0n) is 7.71. The van der Waals surface area contributed by atoms with Crippen LogP contribution >= 0.6 is 0 Å². The van der Waals surface area contributed by atoms with Gasteiger partial charge in [-0.15, -0.1) is 0 Å². The minimum Gasteiger partial charge on any atom is -0.389 e. The molecule has 1 rings (SSSR count). The maximum absolute atomic E-state index is 9.65. The summed E-state index contributed by atoms with van der Waals surface area (Å²) in [5.41, 5.74) is 5.96. The van der Waals surface area contributed by atoms with Crippen LogP contribution in [0.25, 0.3) is 0 Å². The Hall–Kier alpha value is -0.380. The molecular weight excluding hydrogens is 152 g/mol. The molecule has 0 saturated carbocycles. The fourth-order valence-electron chi connectivity index (χ4n) is 1.55. The van der Waals surface area contributed by atoms with Crippen molar-refractivity contribution in [2.45, 2.75) is 18.9 Å². The minimum atomic E-state index is -0.505. The predicted molar refractivity (Wildman–Crippen MR) is 49.9 cm³/mol. The van der Waals surface area contributed by atoms with E-state index in [0.717, 1.165) is 31.6 Å². The Morgan fingerprint density at radius 2 is 2.42 bits per heavy atom. The van der Waals surface area contributed by atoms with Gasteiger partial charge in [-0.2, -0.15) is 0 Å². The lowest BCUT2D eigenvalue weighted by Gasteiger charge is -2.19. The lowest BCUT2D eigenvalue weighted by molar-refractivity contribution is 0.0699. The van der Waals surface area contributed by atoms with Gasteiger partial charge in [-0.25, -0.2) is 0 Å². The third kappa shape index (κ3) is 2.59. The molecule has 0 spiro atoms. The van der Waals surface area contributed by atoms with Crippen molar-refractivity contribution in [1.82, 2.24) is 4.90 Å². The van der Waals surface area contributed by atoms with Crippen LogP contribution in [0, 0.1) is 0 Å². The fourth-order valence-corrected chi connectivity index (χ4v) is 1.55. The van der Waals surface area contributed by atoms with Crippen LogP contribution in [-0.2, 0) is 0 Å². The van der Waals surface area contributed by atoms with Crippen LogP contribution in [0.3, 0.4) is 0 Å². The quantitative estimate of drug-likeness (QED) is 0.584. The molecule has 1 aliphatic heterocycles. The second-order valence-corrected chi connectivity index (χ2v) is 3.91. The van der Waals surface area contributed by atoms with E-state index in [0.29, 0.717) is 6.54 Å². The second-order valence-electron chi connectivity index (χ2n) is 3.91. The summed E-state index contributed by atoms with van der Waals surface area (Å²) >= 11 is 0. The highest BCUT2D eigenvalue weighted by molar-refractivity contribution is 5.01. The van der Waals surface area contributed by atoms with Crippen molar-refractivity contribution >= 4 is 0 Å². The SMILES string of the molecule is C=C(CN)CN1CCC(C)(O)C1. The standard InChI is InChI=1S/C9H18N2O/c1-8(5-10)6-11-4-3-9(2,12)7-11/h12H,1,3-7,10H2,2H3. The van der Waals surface area contributed by atoms with Crippen molar-refractivity contribution in [3.05, 3.63) is 12.2 Å². The first-order chi connectivity index (χ1) is 5.53. The minimum absolute atomic E-state index is 0.505. The molecule has 1 aliphatic rings. The number of rotatable bonds is 3. The third-order valence-electron chi connectivity index (χ3n) is 2.27. The van der Waals surface area contributed by atoms with Gasteiger partial charge in [0.15, 0.2) is 0 Å². The number of hydrogen-bond donors (Lipinski definition) is 2. The van der Waals surface area contributed by atoms with Gasteiger partial charge in [0.2, 0.25) is 0 Å². The summed E-state index contributed by atoms with van der Waals surface area (Å²) in [5, 5.41) is 9.65. The maximum Gasteiger partial charge on any atom is 0.0758 e. The zero-order valence-corrected chi connectivity index (χ0v) is 7.71. The average Bonchev–Trinajstić information content (AvgIpc) is 2.30. The maximum atomic E-state index is 9.65. The molecule has 1 heterocycles. The topological polar surface area (TPSA) is 49.5 Å². The van der Waals surface area contributed by atoms with E-state index in [1.807, 2.05) is 6.92 Å². The van der Waals surface area contributed by atoms with Gasteiger partial charge < -0.3 is 10.8 Å². The lowest BCUT2D eigenvalue weighted by atomic mass is 10.1. The summed E-state index contributed by atoms with van der Waals surface area (Å²) in [5.74, 6) is 0. The van der Waals surface area contributed by atoms with Crippen molar-refractivity contribution in [3.8, 4) is 0 Å². The molecular formula is C9H18N2O. The fraction of sp³-hybridized carbons (Fsp3) is 0.778. The van der Waals surface area contributed by atoms with Crippen molar-refractivity contribution in [3.63, 3.8) is 0 Å². The van der Waals surface area contributed by atoms with E-state index in [2.05, 4.69) is 11.5 Å². The largest absolute Gasteiger partial charge is 0.389 e. The molecule has 70 valence electrons. The van der Waals surface area contributed by atoms with E-state index in [9.17, 15) is 5.11 Å². The van der Waals surface area contributed by atoms with E-state index in [1.54, 1.807) is 0 Å². The molecule has 1 saturated heterocycles. The Morgan fingerprint density at radius 1 is 1.75 bits per heavy atom. The average molecular weight is 170 g/mol. The Balaban J connectivity index is 2.33. The molecule has 1 fully saturated rings. The summed E-state index contributed by atoms with van der Waals surface area (Å²) < 4.78 is 0. The van der Waals surface area contributed by atoms with Gasteiger partial charge in [0, 0.05) is 26.2 Å². The zero-order chi connectivity index (χ0) is 9.19. The van der Waals surface area contributed by atoms with Crippen LogP contribution in [0.5, 0.6) is 0 Å². The van der Waals surface area contributed by atoms with Crippen LogP contribution in [0.4, 0.5) is 0 Å². The summed E-state index contributed by atoms with van der Waals surface area (Å²) in [7, 11) is 0. The van der Waals surface area contributed by atoms with E-state index in [4.69, 9.17) is 5.73 Å². The van der Waals surface area contributed by atoms with Gasteiger partial charge >= 0.3 is 0 Å². The van der Waals surface area contributed by atoms with Gasteiger partial charge in [0.25, 0.3) is 0 Å². The number of nitrogens with two attached hydrogens (primary N) is 1. The molecule has 3 heteroatoms. The Bertz CT molecular complexity index is 177. The molecule has 3 N–H and O–H groups in total.